The van der Waals surface area contributed by atoms with Crippen molar-refractivity contribution in [1.82, 2.24) is 0 Å². The van der Waals surface area contributed by atoms with Crippen LogP contribution < -0.4 is 14.8 Å². The lowest BCUT2D eigenvalue weighted by Gasteiger charge is -2.13. The molecule has 0 atom stereocenters. The van der Waals surface area contributed by atoms with E-state index in [-0.39, 0.29) is 5.56 Å². The minimum atomic E-state index is -0.975. The van der Waals surface area contributed by atoms with Gasteiger partial charge in [0.25, 0.3) is 0 Å². The second kappa shape index (κ2) is 8.95. The monoisotopic (exact) mass is 377 g/mol. The van der Waals surface area contributed by atoms with Gasteiger partial charge < -0.3 is 19.9 Å². The molecule has 2 N–H and O–H groups in total. The highest BCUT2D eigenvalue weighted by Crippen LogP contribution is 2.26. The number of carboxylic acid groups (broad SMARTS) is 1. The highest BCUT2D eigenvalue weighted by molar-refractivity contribution is 5.89. The van der Waals surface area contributed by atoms with E-state index < -0.39 is 5.97 Å². The van der Waals surface area contributed by atoms with Crippen molar-refractivity contribution >= 4 is 11.7 Å². The maximum absolute atomic E-state index is 11.2. The summed E-state index contributed by atoms with van der Waals surface area (Å²) < 4.78 is 11.2. The number of hydrogen-bond acceptors (Lipinski definition) is 4. The van der Waals surface area contributed by atoms with Crippen LogP contribution in [-0.2, 0) is 13.2 Å². The van der Waals surface area contributed by atoms with Gasteiger partial charge in [-0.3, -0.25) is 0 Å². The molecule has 0 aliphatic carbocycles. The van der Waals surface area contributed by atoms with Gasteiger partial charge in [-0.1, -0.05) is 36.4 Å². The van der Waals surface area contributed by atoms with Gasteiger partial charge >= 0.3 is 5.97 Å². The summed E-state index contributed by atoms with van der Waals surface area (Å²) >= 11 is 0. The molecule has 0 saturated carbocycles. The van der Waals surface area contributed by atoms with Crippen LogP contribution in [0.2, 0.25) is 0 Å². The van der Waals surface area contributed by atoms with Gasteiger partial charge in [-0.05, 0) is 53.9 Å². The third-order valence-electron chi connectivity index (χ3n) is 4.48. The topological polar surface area (TPSA) is 67.8 Å². The zero-order valence-electron chi connectivity index (χ0n) is 15.9. The lowest BCUT2D eigenvalue weighted by Crippen LogP contribution is -2.04. The Kier molecular flexibility index (Phi) is 6.17. The van der Waals surface area contributed by atoms with Gasteiger partial charge in [0, 0.05) is 6.54 Å². The van der Waals surface area contributed by atoms with Gasteiger partial charge in [-0.15, -0.1) is 0 Å². The summed E-state index contributed by atoms with van der Waals surface area (Å²) in [4.78, 5) is 11.2. The van der Waals surface area contributed by atoms with Crippen LogP contribution >= 0.6 is 0 Å². The molecule has 0 heterocycles. The van der Waals surface area contributed by atoms with Crippen molar-refractivity contribution in [3.8, 4) is 11.5 Å². The maximum atomic E-state index is 11.2. The van der Waals surface area contributed by atoms with Gasteiger partial charge in [0.1, 0.15) is 18.1 Å². The highest BCUT2D eigenvalue weighted by atomic mass is 16.5. The van der Waals surface area contributed by atoms with Crippen molar-refractivity contribution in [1.29, 1.82) is 0 Å². The Morgan fingerprint density at radius 2 is 1.86 bits per heavy atom. The number of aryl methyl sites for hydroxylation is 1. The number of nitrogens with one attached hydrogen (secondary N) is 1. The van der Waals surface area contributed by atoms with E-state index in [0.717, 1.165) is 16.9 Å². The summed E-state index contributed by atoms with van der Waals surface area (Å²) in [6, 6.07) is 20.7. The molecule has 3 rings (SSSR count). The lowest BCUT2D eigenvalue weighted by atomic mass is 10.1. The van der Waals surface area contributed by atoms with Crippen molar-refractivity contribution in [2.45, 2.75) is 20.1 Å². The molecule has 144 valence electrons. The van der Waals surface area contributed by atoms with Crippen LogP contribution in [0.1, 0.15) is 27.0 Å². The summed E-state index contributed by atoms with van der Waals surface area (Å²) in [7, 11) is 1.56. The minimum absolute atomic E-state index is 0.207. The number of hydrogen-bond donors (Lipinski definition) is 2. The SMILES string of the molecule is COc1ccc(C(=O)O)cc1NCc1cccc(OCc2ccccc2C)c1. The number of carboxylic acids is 1. The van der Waals surface area contributed by atoms with E-state index in [1.807, 2.05) is 36.4 Å². The molecule has 0 aliphatic rings. The van der Waals surface area contributed by atoms with Crippen LogP contribution in [0.5, 0.6) is 11.5 Å². The largest absolute Gasteiger partial charge is 0.495 e. The molecular formula is C23H23NO4. The van der Waals surface area contributed by atoms with Crippen LogP contribution in [0.15, 0.2) is 66.7 Å². The standard InChI is InChI=1S/C23H23NO4/c1-16-6-3-4-8-19(16)15-28-20-9-5-7-17(12-20)14-24-21-13-18(23(25)26)10-11-22(21)27-2/h3-13,24H,14-15H2,1-2H3,(H,25,26). The van der Waals surface area contributed by atoms with Crippen molar-refractivity contribution in [2.24, 2.45) is 0 Å². The van der Waals surface area contributed by atoms with Gasteiger partial charge in [0.15, 0.2) is 0 Å². The Labute approximate surface area is 164 Å². The molecule has 0 fully saturated rings. The van der Waals surface area contributed by atoms with E-state index in [0.29, 0.717) is 24.6 Å². The molecule has 0 bridgehead atoms. The van der Waals surface area contributed by atoms with E-state index in [9.17, 15) is 9.90 Å². The average molecular weight is 377 g/mol. The van der Waals surface area contributed by atoms with E-state index >= 15 is 0 Å². The van der Waals surface area contributed by atoms with E-state index in [1.165, 1.54) is 11.6 Å². The fourth-order valence-corrected chi connectivity index (χ4v) is 2.85. The van der Waals surface area contributed by atoms with Crippen LogP contribution in [0.25, 0.3) is 0 Å². The number of anilines is 1. The quantitative estimate of drug-likeness (QED) is 0.585. The van der Waals surface area contributed by atoms with Crippen molar-refractivity contribution < 1.29 is 19.4 Å². The van der Waals surface area contributed by atoms with Crippen molar-refractivity contribution in [3.05, 3.63) is 89.0 Å². The molecule has 0 aliphatic heterocycles. The van der Waals surface area contributed by atoms with E-state index in [4.69, 9.17) is 9.47 Å². The molecule has 3 aromatic rings. The van der Waals surface area contributed by atoms with Crippen LogP contribution in [0.3, 0.4) is 0 Å². The zero-order valence-corrected chi connectivity index (χ0v) is 15.9. The van der Waals surface area contributed by atoms with Crippen LogP contribution in [0, 0.1) is 6.92 Å². The molecule has 0 spiro atoms. The number of benzene rings is 3. The van der Waals surface area contributed by atoms with Crippen LogP contribution in [-0.4, -0.2) is 18.2 Å². The Bertz CT molecular complexity index is 968. The third-order valence-corrected chi connectivity index (χ3v) is 4.48. The first-order valence-electron chi connectivity index (χ1n) is 8.98. The fourth-order valence-electron chi connectivity index (χ4n) is 2.85. The second-order valence-corrected chi connectivity index (χ2v) is 6.44. The average Bonchev–Trinajstić information content (AvgIpc) is 2.71. The number of carbonyl (C=O) groups is 1. The minimum Gasteiger partial charge on any atom is -0.495 e. The van der Waals surface area contributed by atoms with Gasteiger partial charge in [0.2, 0.25) is 0 Å². The maximum Gasteiger partial charge on any atom is 0.335 e. The first-order valence-corrected chi connectivity index (χ1v) is 8.98. The summed E-state index contributed by atoms with van der Waals surface area (Å²) in [5.41, 5.74) is 4.21. The number of aromatic carboxylic acids is 1. The molecule has 28 heavy (non-hydrogen) atoms. The normalized spacial score (nSPS) is 10.4. The Balaban J connectivity index is 1.67. The smallest absolute Gasteiger partial charge is 0.335 e. The first-order chi connectivity index (χ1) is 13.6. The summed E-state index contributed by atoms with van der Waals surface area (Å²) in [6.07, 6.45) is 0. The van der Waals surface area contributed by atoms with Gasteiger partial charge in [-0.2, -0.15) is 0 Å². The Hall–Kier alpha value is -3.47. The van der Waals surface area contributed by atoms with Gasteiger partial charge in [0.05, 0.1) is 18.4 Å². The molecule has 5 heteroatoms. The molecule has 0 radical (unpaired) electrons. The zero-order chi connectivity index (χ0) is 19.9. The Morgan fingerprint density at radius 3 is 2.61 bits per heavy atom. The van der Waals surface area contributed by atoms with Crippen molar-refractivity contribution in [3.63, 3.8) is 0 Å². The highest BCUT2D eigenvalue weighted by Gasteiger charge is 2.09. The molecule has 3 aromatic carbocycles. The predicted molar refractivity (Wildman–Crippen MR) is 109 cm³/mol. The molecule has 0 unspecified atom stereocenters. The number of ether oxygens (including phenoxy) is 2. The summed E-state index contributed by atoms with van der Waals surface area (Å²) in [5, 5.41) is 12.4. The van der Waals surface area contributed by atoms with Gasteiger partial charge in [-0.25, -0.2) is 4.79 Å². The second-order valence-electron chi connectivity index (χ2n) is 6.44. The fraction of sp³-hybridized carbons (Fsp3) is 0.174. The Morgan fingerprint density at radius 1 is 1.04 bits per heavy atom. The molecular weight excluding hydrogens is 354 g/mol. The first kappa shape index (κ1) is 19.3. The van der Waals surface area contributed by atoms with E-state index in [2.05, 4.69) is 24.4 Å². The van der Waals surface area contributed by atoms with Crippen LogP contribution in [0.4, 0.5) is 5.69 Å². The predicted octanol–water partition coefficient (Wildman–Crippen LogP) is 4.89. The van der Waals surface area contributed by atoms with E-state index in [1.54, 1.807) is 19.2 Å². The molecule has 0 amide bonds. The van der Waals surface area contributed by atoms with Crippen molar-refractivity contribution in [2.75, 3.05) is 12.4 Å². The summed E-state index contributed by atoms with van der Waals surface area (Å²) in [5.74, 6) is 0.406. The molecule has 0 saturated heterocycles. The third kappa shape index (κ3) is 4.82. The molecule has 5 nitrogen and oxygen atoms in total. The lowest BCUT2D eigenvalue weighted by molar-refractivity contribution is 0.0697. The molecule has 0 aromatic heterocycles. The number of rotatable bonds is 8. The summed E-state index contributed by atoms with van der Waals surface area (Å²) in [6.45, 7) is 3.09. The number of methoxy groups -OCH3 is 1.